The molecule has 0 aliphatic carbocycles. The standard InChI is InChI=1S/C9H14N4O4.3CO.Re/c1-2-17-8(14)3-6-4-13(12-11-6)5-7(10)9(15)16;3*1-2;/h4,7H,2-3,5,10H2,1H3,(H,15,16);;;;. The van der Waals surface area contributed by atoms with E-state index in [0.717, 1.165) is 0 Å². The Hall–Kier alpha value is -2.08. The van der Waals surface area contributed by atoms with Gasteiger partial charge in [-0.2, -0.15) is 0 Å². The van der Waals surface area contributed by atoms with E-state index in [1.165, 1.54) is 10.9 Å². The smallest absolute Gasteiger partial charge is 0 e. The molecule has 0 aliphatic rings. The molecule has 24 heavy (non-hydrogen) atoms. The average molecular weight is 512 g/mol. The number of aliphatic carboxylic acids is 1. The number of nitrogens with two attached hydrogens (primary N) is 1. The van der Waals surface area contributed by atoms with Crippen LogP contribution in [0.4, 0.5) is 0 Å². The van der Waals surface area contributed by atoms with Gasteiger partial charge in [0.1, 0.15) is 6.04 Å². The van der Waals surface area contributed by atoms with Crippen molar-refractivity contribution >= 4 is 11.9 Å². The van der Waals surface area contributed by atoms with Crippen molar-refractivity contribution in [3.8, 4) is 0 Å². The van der Waals surface area contributed by atoms with Gasteiger partial charge < -0.3 is 15.6 Å². The summed E-state index contributed by atoms with van der Waals surface area (Å²) < 4.78 is 28.5. The average Bonchev–Trinajstić information content (AvgIpc) is 3.00. The summed E-state index contributed by atoms with van der Waals surface area (Å²) in [5, 5.41) is 16.0. The van der Waals surface area contributed by atoms with Crippen LogP contribution in [0, 0.1) is 20.0 Å². The van der Waals surface area contributed by atoms with E-state index < -0.39 is 18.0 Å². The molecule has 0 spiro atoms. The second-order valence-corrected chi connectivity index (χ2v) is 3.36. The van der Waals surface area contributed by atoms with Crippen LogP contribution in [-0.4, -0.2) is 44.7 Å². The number of rotatable bonds is 6. The first-order chi connectivity index (χ1) is 11.0. The van der Waals surface area contributed by atoms with E-state index in [4.69, 9.17) is 29.5 Å². The van der Waals surface area contributed by atoms with Crippen LogP contribution in [0.5, 0.6) is 0 Å². The normalized spacial score (nSPS) is 8.83. The van der Waals surface area contributed by atoms with E-state index >= 15 is 0 Å². The summed E-state index contributed by atoms with van der Waals surface area (Å²) in [5.41, 5.74) is 5.74. The molecule has 3 N–H and O–H groups in total. The van der Waals surface area contributed by atoms with E-state index in [0.29, 0.717) is 12.3 Å². The zero-order valence-electron chi connectivity index (χ0n) is 12.5. The fourth-order valence-electron chi connectivity index (χ4n) is 1.15. The van der Waals surface area contributed by atoms with Crippen LogP contribution >= 0.6 is 0 Å². The topological polar surface area (TPSA) is 180 Å². The van der Waals surface area contributed by atoms with Crippen LogP contribution in [-0.2, 0) is 61.7 Å². The zero-order valence-corrected chi connectivity index (χ0v) is 15.2. The Labute approximate surface area is 151 Å². The first-order valence-corrected chi connectivity index (χ1v) is 5.67. The van der Waals surface area contributed by atoms with Crippen LogP contribution < -0.4 is 5.73 Å². The van der Waals surface area contributed by atoms with Gasteiger partial charge in [-0.15, -0.1) is 5.10 Å². The Morgan fingerprint density at radius 1 is 1.33 bits per heavy atom. The predicted molar refractivity (Wildman–Crippen MR) is 67.8 cm³/mol. The molecule has 11 nitrogen and oxygen atoms in total. The zero-order chi connectivity index (χ0) is 18.8. The van der Waals surface area contributed by atoms with E-state index in [-0.39, 0.29) is 33.4 Å². The van der Waals surface area contributed by atoms with Gasteiger partial charge in [0.2, 0.25) is 0 Å². The number of carboxylic acids is 1. The van der Waals surface area contributed by atoms with Gasteiger partial charge >= 0.3 is 45.8 Å². The summed E-state index contributed by atoms with van der Waals surface area (Å²) >= 11 is 0. The molecular weight excluding hydrogens is 498 g/mol. The van der Waals surface area contributed by atoms with Crippen molar-refractivity contribution in [2.75, 3.05) is 6.61 Å². The van der Waals surface area contributed by atoms with Crippen molar-refractivity contribution in [3.05, 3.63) is 31.8 Å². The van der Waals surface area contributed by atoms with Gasteiger partial charge in [0, 0.05) is 26.6 Å². The fraction of sp³-hybridized carbons (Fsp3) is 0.417. The quantitative estimate of drug-likeness (QED) is 0.269. The second kappa shape index (κ2) is 20.9. The molecule has 0 bridgehead atoms. The molecule has 1 aromatic rings. The molecular formula is C12H14N4O7Re. The summed E-state index contributed by atoms with van der Waals surface area (Å²) in [6.07, 6.45) is 1.48. The Bertz CT molecular complexity index is 513. The number of hydrogen-bond acceptors (Lipinski definition) is 6. The molecule has 12 heteroatoms. The third-order valence-electron chi connectivity index (χ3n) is 1.92. The fourth-order valence-corrected chi connectivity index (χ4v) is 1.15. The SMILES string of the molecule is CCOC(=O)Cc1cn(CC(N)C(=O)O)nn1.[C-]#[O+].[C-]#[O+].[C-]#[O+].[Re]. The maximum absolute atomic E-state index is 11.1. The van der Waals surface area contributed by atoms with Gasteiger partial charge in [-0.1, -0.05) is 5.21 Å². The summed E-state index contributed by atoms with van der Waals surface area (Å²) in [6, 6.07) is -1.05. The predicted octanol–water partition coefficient (Wildman–Crippen LogP) is -1.32. The molecule has 0 aromatic carbocycles. The van der Waals surface area contributed by atoms with Gasteiger partial charge in [0.05, 0.1) is 25.3 Å². The molecule has 1 atom stereocenters. The van der Waals surface area contributed by atoms with Gasteiger partial charge in [-0.25, -0.2) is 0 Å². The van der Waals surface area contributed by atoms with Crippen LogP contribution in [0.3, 0.4) is 0 Å². The maximum Gasteiger partial charge on any atom is 0 e. The van der Waals surface area contributed by atoms with Crippen molar-refractivity contribution in [2.45, 2.75) is 25.9 Å². The molecule has 1 heterocycles. The minimum absolute atomic E-state index is 0. The molecule has 0 fully saturated rings. The maximum atomic E-state index is 11.1. The molecule has 0 amide bonds. The number of nitrogens with zero attached hydrogens (tertiary/aromatic N) is 3. The molecule has 1 aromatic heterocycles. The van der Waals surface area contributed by atoms with E-state index in [1.54, 1.807) is 6.92 Å². The van der Waals surface area contributed by atoms with Crippen molar-refractivity contribution < 1.29 is 53.8 Å². The molecule has 131 valence electrons. The number of ether oxygens (including phenoxy) is 1. The van der Waals surface area contributed by atoms with Crippen molar-refractivity contribution in [1.29, 1.82) is 0 Å². The van der Waals surface area contributed by atoms with E-state index in [9.17, 15) is 9.59 Å². The monoisotopic (exact) mass is 513 g/mol. The number of esters is 1. The van der Waals surface area contributed by atoms with Gasteiger partial charge in [-0.3, -0.25) is 14.3 Å². The first-order valence-electron chi connectivity index (χ1n) is 5.67. The van der Waals surface area contributed by atoms with Crippen LogP contribution in [0.15, 0.2) is 6.20 Å². The summed E-state index contributed by atoms with van der Waals surface area (Å²) in [4.78, 5) is 21.6. The van der Waals surface area contributed by atoms with Crippen molar-refractivity contribution in [2.24, 2.45) is 5.73 Å². The molecule has 1 radical (unpaired) electrons. The van der Waals surface area contributed by atoms with E-state index in [2.05, 4.69) is 30.3 Å². The molecule has 0 saturated heterocycles. The molecule has 1 unspecified atom stereocenters. The Balaban J connectivity index is -0.000000256. The number of aromatic nitrogens is 3. The van der Waals surface area contributed by atoms with Crippen LogP contribution in [0.2, 0.25) is 0 Å². The summed E-state index contributed by atoms with van der Waals surface area (Å²) in [7, 11) is 0. The number of carbonyl (C=O) groups is 2. The summed E-state index contributed by atoms with van der Waals surface area (Å²) in [5.74, 6) is -1.52. The van der Waals surface area contributed by atoms with Crippen LogP contribution in [0.1, 0.15) is 12.6 Å². The van der Waals surface area contributed by atoms with Crippen LogP contribution in [0.25, 0.3) is 0 Å². The van der Waals surface area contributed by atoms with Gasteiger partial charge in [0.15, 0.2) is 0 Å². The third-order valence-corrected chi connectivity index (χ3v) is 1.92. The minimum Gasteiger partial charge on any atom is 0 e. The number of carboxylic acid groups (broad SMARTS) is 1. The minimum atomic E-state index is -1.12. The molecule has 0 saturated carbocycles. The third kappa shape index (κ3) is 14.8. The molecule has 1 rings (SSSR count). The van der Waals surface area contributed by atoms with Crippen molar-refractivity contribution in [1.82, 2.24) is 15.0 Å². The van der Waals surface area contributed by atoms with Crippen molar-refractivity contribution in [3.63, 3.8) is 0 Å². The second-order valence-electron chi connectivity index (χ2n) is 3.36. The Morgan fingerprint density at radius 3 is 2.25 bits per heavy atom. The summed E-state index contributed by atoms with van der Waals surface area (Å²) in [6.45, 7) is 15.5. The first kappa shape index (κ1) is 29.9. The van der Waals surface area contributed by atoms with Gasteiger partial charge in [-0.05, 0) is 6.92 Å². The molecule has 0 aliphatic heterocycles. The Morgan fingerprint density at radius 2 is 1.83 bits per heavy atom. The van der Waals surface area contributed by atoms with Gasteiger partial charge in [0.25, 0.3) is 0 Å². The number of carbonyl (C=O) groups excluding carboxylic acids is 1. The Kier molecular flexibility index (Phi) is 26.0. The van der Waals surface area contributed by atoms with E-state index in [1.807, 2.05) is 0 Å². The number of hydrogen-bond donors (Lipinski definition) is 2. The largest absolute Gasteiger partial charge is 0 e.